The lowest BCUT2D eigenvalue weighted by Gasteiger charge is -2.38. The first-order valence-electron chi connectivity index (χ1n) is 9.64. The number of esters is 1. The molecule has 174 valence electrons. The molecule has 9 nitrogen and oxygen atoms in total. The van der Waals surface area contributed by atoms with Gasteiger partial charge in [-0.25, -0.2) is 9.59 Å². The number of hydrogen-bond donors (Lipinski definition) is 3. The van der Waals surface area contributed by atoms with Crippen LogP contribution in [0.2, 0.25) is 10.0 Å². The van der Waals surface area contributed by atoms with Crippen molar-refractivity contribution in [2.24, 2.45) is 0 Å². The van der Waals surface area contributed by atoms with E-state index >= 15 is 0 Å². The van der Waals surface area contributed by atoms with Crippen molar-refractivity contribution >= 4 is 35.1 Å². The molecule has 5 rings (SSSR count). The van der Waals surface area contributed by atoms with Crippen LogP contribution >= 0.6 is 23.2 Å². The Balaban J connectivity index is 1.98. The van der Waals surface area contributed by atoms with E-state index in [4.69, 9.17) is 42.1 Å². The van der Waals surface area contributed by atoms with Crippen molar-refractivity contribution in [2.75, 3.05) is 14.2 Å². The summed E-state index contributed by atoms with van der Waals surface area (Å²) in [4.78, 5) is 24.8. The molecular weight excluding hydrogens is 491 g/mol. The minimum Gasteiger partial charge on any atom is -0.506 e. The third kappa shape index (κ3) is 2.68. The number of fused-ring (bicyclic) bond motifs is 6. The van der Waals surface area contributed by atoms with Crippen LogP contribution in [0.25, 0.3) is 0 Å². The van der Waals surface area contributed by atoms with Crippen LogP contribution in [0.3, 0.4) is 0 Å². The molecule has 2 aliphatic heterocycles. The number of carbonyl (C=O) groups is 2. The number of carboxylic acids is 1. The van der Waals surface area contributed by atoms with Crippen molar-refractivity contribution in [3.63, 3.8) is 0 Å². The fourth-order valence-electron chi connectivity index (χ4n) is 4.33. The highest BCUT2D eigenvalue weighted by Crippen LogP contribution is 2.63. The van der Waals surface area contributed by atoms with Crippen molar-refractivity contribution in [1.29, 1.82) is 0 Å². The third-order valence-corrected chi connectivity index (χ3v) is 6.52. The zero-order valence-corrected chi connectivity index (χ0v) is 18.9. The van der Waals surface area contributed by atoms with Crippen molar-refractivity contribution in [2.45, 2.75) is 5.60 Å². The predicted molar refractivity (Wildman–Crippen MR) is 118 cm³/mol. The van der Waals surface area contributed by atoms with E-state index in [9.17, 15) is 24.9 Å². The summed E-state index contributed by atoms with van der Waals surface area (Å²) in [6, 6.07) is 6.54. The molecule has 3 aromatic carbocycles. The van der Waals surface area contributed by atoms with Crippen LogP contribution in [-0.2, 0) is 10.3 Å². The monoisotopic (exact) mass is 504 g/mol. The molecule has 34 heavy (non-hydrogen) atoms. The number of halogens is 2. The van der Waals surface area contributed by atoms with E-state index in [1.807, 2.05) is 0 Å². The van der Waals surface area contributed by atoms with Crippen LogP contribution in [0, 0.1) is 0 Å². The number of phenolic OH excluding ortho intramolecular Hbond substituents is 2. The molecule has 3 N–H and O–H groups in total. The number of carbonyl (C=O) groups excluding carboxylic acids is 1. The molecule has 0 radical (unpaired) electrons. The van der Waals surface area contributed by atoms with E-state index in [0.717, 1.165) is 0 Å². The molecule has 1 unspecified atom stereocenters. The Labute approximate surface area is 201 Å². The predicted octanol–water partition coefficient (Wildman–Crippen LogP) is 4.69. The SMILES string of the molecule is COc1cc2c(c(Cl)c1O)Oc1c(ccc(O)c1Cl)C21OC(=O)c2cc(C(=O)O)cc(OC)c21. The number of methoxy groups -OCH3 is 2. The van der Waals surface area contributed by atoms with Crippen molar-refractivity contribution in [3.05, 3.63) is 68.2 Å². The van der Waals surface area contributed by atoms with Crippen LogP contribution in [0.4, 0.5) is 0 Å². The molecule has 1 atom stereocenters. The van der Waals surface area contributed by atoms with Gasteiger partial charge in [0.2, 0.25) is 0 Å². The Morgan fingerprint density at radius 3 is 2.29 bits per heavy atom. The average molecular weight is 505 g/mol. The summed E-state index contributed by atoms with van der Waals surface area (Å²) in [5.41, 5.74) is -1.51. The van der Waals surface area contributed by atoms with Gasteiger partial charge in [-0.05, 0) is 30.3 Å². The maximum Gasteiger partial charge on any atom is 0.340 e. The summed E-state index contributed by atoms with van der Waals surface area (Å²) >= 11 is 12.7. The van der Waals surface area contributed by atoms with Crippen LogP contribution < -0.4 is 14.2 Å². The molecule has 2 aliphatic rings. The quantitative estimate of drug-likeness (QED) is 0.434. The maximum atomic E-state index is 13.2. The second kappa shape index (κ2) is 7.34. The van der Waals surface area contributed by atoms with E-state index in [-0.39, 0.29) is 66.6 Å². The Hall–Kier alpha value is -3.82. The van der Waals surface area contributed by atoms with E-state index in [0.29, 0.717) is 0 Å². The fraction of sp³-hybridized carbons (Fsp3) is 0.130. The molecule has 11 heteroatoms. The first kappa shape index (κ1) is 22.0. The highest BCUT2D eigenvalue weighted by Gasteiger charge is 2.57. The van der Waals surface area contributed by atoms with Crippen molar-refractivity contribution < 1.29 is 43.9 Å². The summed E-state index contributed by atoms with van der Waals surface area (Å²) in [6.45, 7) is 0. The third-order valence-electron chi connectivity index (χ3n) is 5.81. The molecule has 0 saturated carbocycles. The largest absolute Gasteiger partial charge is 0.506 e. The van der Waals surface area contributed by atoms with Crippen LogP contribution in [0.1, 0.15) is 37.4 Å². The summed E-state index contributed by atoms with van der Waals surface area (Å²) in [7, 11) is 2.62. The van der Waals surface area contributed by atoms with Gasteiger partial charge in [-0.15, -0.1) is 0 Å². The van der Waals surface area contributed by atoms with E-state index in [1.54, 1.807) is 0 Å². The summed E-state index contributed by atoms with van der Waals surface area (Å²) in [5.74, 6) is -3.05. The number of hydrogen-bond acceptors (Lipinski definition) is 8. The lowest BCUT2D eigenvalue weighted by Crippen LogP contribution is -2.33. The highest BCUT2D eigenvalue weighted by molar-refractivity contribution is 6.35. The minimum atomic E-state index is -1.79. The molecule has 0 amide bonds. The normalized spacial score (nSPS) is 17.4. The zero-order chi connectivity index (χ0) is 24.5. The number of aromatic hydroxyl groups is 2. The second-order valence-electron chi connectivity index (χ2n) is 7.47. The van der Waals surface area contributed by atoms with Crippen LogP contribution in [-0.4, -0.2) is 41.5 Å². The number of carboxylic acid groups (broad SMARTS) is 1. The Morgan fingerprint density at radius 1 is 0.971 bits per heavy atom. The smallest absolute Gasteiger partial charge is 0.340 e. The van der Waals surface area contributed by atoms with Gasteiger partial charge in [0.1, 0.15) is 21.5 Å². The molecule has 2 heterocycles. The van der Waals surface area contributed by atoms with Gasteiger partial charge in [-0.3, -0.25) is 0 Å². The Bertz CT molecular complexity index is 1430. The summed E-state index contributed by atoms with van der Waals surface area (Å²) < 4.78 is 22.6. The number of rotatable bonds is 3. The molecule has 1 spiro atoms. The van der Waals surface area contributed by atoms with Gasteiger partial charge in [0, 0.05) is 5.56 Å². The molecule has 0 aliphatic carbocycles. The topological polar surface area (TPSA) is 132 Å². The number of benzene rings is 3. The van der Waals surface area contributed by atoms with Gasteiger partial charge in [0.05, 0.1) is 36.5 Å². The van der Waals surface area contributed by atoms with E-state index in [2.05, 4.69) is 0 Å². The van der Waals surface area contributed by atoms with Gasteiger partial charge >= 0.3 is 11.9 Å². The molecular formula is C23H14Cl2O9. The van der Waals surface area contributed by atoms with Gasteiger partial charge in [-0.2, -0.15) is 0 Å². The van der Waals surface area contributed by atoms with Gasteiger partial charge in [-0.1, -0.05) is 23.2 Å². The first-order chi connectivity index (χ1) is 16.1. The van der Waals surface area contributed by atoms with E-state index in [1.165, 1.54) is 44.6 Å². The summed E-state index contributed by atoms with van der Waals surface area (Å²) in [5, 5.41) is 29.7. The Morgan fingerprint density at radius 2 is 1.65 bits per heavy atom. The lowest BCUT2D eigenvalue weighted by molar-refractivity contribution is 0.0219. The molecule has 0 fully saturated rings. The fourth-order valence-corrected chi connectivity index (χ4v) is 4.77. The van der Waals surface area contributed by atoms with E-state index < -0.39 is 23.3 Å². The molecule has 0 bridgehead atoms. The molecule has 3 aromatic rings. The van der Waals surface area contributed by atoms with Crippen molar-refractivity contribution in [1.82, 2.24) is 0 Å². The standard InChI is InChI=1S/C23H14Cl2O9/c1-31-13-6-8(21(28)29)5-9-15(13)23(34-22(9)30)10-3-4-12(26)16(24)19(10)33-20-11(23)7-14(32-2)18(27)17(20)25/h3-7,26-27H,1-2H3,(H,28,29). The lowest BCUT2D eigenvalue weighted by atomic mass is 9.76. The average Bonchev–Trinajstić information content (AvgIpc) is 3.11. The van der Waals surface area contributed by atoms with Gasteiger partial charge in [0.15, 0.2) is 28.6 Å². The number of aromatic carboxylic acids is 1. The molecule has 0 saturated heterocycles. The number of phenols is 2. The molecule has 0 aromatic heterocycles. The van der Waals surface area contributed by atoms with Gasteiger partial charge in [0.25, 0.3) is 0 Å². The van der Waals surface area contributed by atoms with Crippen molar-refractivity contribution in [3.8, 4) is 34.5 Å². The zero-order valence-electron chi connectivity index (χ0n) is 17.4. The first-order valence-corrected chi connectivity index (χ1v) is 10.4. The second-order valence-corrected chi connectivity index (χ2v) is 8.23. The summed E-state index contributed by atoms with van der Waals surface area (Å²) in [6.07, 6.45) is 0. The Kier molecular flexibility index (Phi) is 4.75. The van der Waals surface area contributed by atoms with Gasteiger partial charge < -0.3 is 34.3 Å². The maximum absolute atomic E-state index is 13.2. The number of ether oxygens (including phenoxy) is 4. The van der Waals surface area contributed by atoms with Crippen LogP contribution in [0.15, 0.2) is 30.3 Å². The highest BCUT2D eigenvalue weighted by atomic mass is 35.5. The van der Waals surface area contributed by atoms with Crippen LogP contribution in [0.5, 0.6) is 34.5 Å². The minimum absolute atomic E-state index is 0.0342.